The Morgan fingerprint density at radius 2 is 2.35 bits per heavy atom. The molecule has 1 fully saturated rings. The summed E-state index contributed by atoms with van der Waals surface area (Å²) in [5, 5.41) is 0. The average Bonchev–Trinajstić information content (AvgIpc) is 2.79. The minimum Gasteiger partial charge on any atom is -0.329 e. The number of rotatable bonds is 3. The summed E-state index contributed by atoms with van der Waals surface area (Å²) in [4.78, 5) is 2.31. The highest BCUT2D eigenvalue weighted by Crippen LogP contribution is 2.31. The fourth-order valence-electron chi connectivity index (χ4n) is 2.63. The van der Waals surface area contributed by atoms with Crippen LogP contribution in [0.25, 0.3) is 0 Å². The van der Waals surface area contributed by atoms with Crippen molar-refractivity contribution in [3.63, 3.8) is 0 Å². The van der Waals surface area contributed by atoms with Gasteiger partial charge in [0.25, 0.3) is 0 Å². The topological polar surface area (TPSA) is 29.3 Å². The predicted octanol–water partition coefficient (Wildman–Crippen LogP) is 3.07. The summed E-state index contributed by atoms with van der Waals surface area (Å²) in [6, 6.07) is 5.59. The van der Waals surface area contributed by atoms with E-state index in [1.165, 1.54) is 6.07 Å². The third-order valence-corrected chi connectivity index (χ3v) is 4.09. The Bertz CT molecular complexity index is 397. The monoisotopic (exact) mass is 300 g/mol. The molecule has 2 nitrogen and oxygen atoms in total. The van der Waals surface area contributed by atoms with Crippen LogP contribution in [0.5, 0.6) is 0 Å². The van der Waals surface area contributed by atoms with Crippen molar-refractivity contribution in [2.24, 2.45) is 5.73 Å². The van der Waals surface area contributed by atoms with E-state index in [-0.39, 0.29) is 11.9 Å². The Hall–Kier alpha value is -0.450. The molecule has 2 N–H and O–H groups in total. The summed E-state index contributed by atoms with van der Waals surface area (Å²) in [6.07, 6.45) is 2.28. The van der Waals surface area contributed by atoms with Crippen molar-refractivity contribution in [3.05, 3.63) is 34.1 Å². The standard InChI is InChI=1S/C13H18BrFN2/c1-9(17-6-2-3-11(17)8-16)12-7-10(14)4-5-13(12)15/h4-5,7,9,11H,2-3,6,8,16H2,1H3. The first-order chi connectivity index (χ1) is 8.13. The van der Waals surface area contributed by atoms with Crippen LogP contribution in [0, 0.1) is 5.82 Å². The Morgan fingerprint density at radius 3 is 3.06 bits per heavy atom. The van der Waals surface area contributed by atoms with E-state index >= 15 is 0 Å². The van der Waals surface area contributed by atoms with Gasteiger partial charge in [-0.05, 0) is 44.5 Å². The quantitative estimate of drug-likeness (QED) is 0.929. The second-order valence-corrected chi connectivity index (χ2v) is 5.53. The van der Waals surface area contributed by atoms with Crippen molar-refractivity contribution in [3.8, 4) is 0 Å². The number of likely N-dealkylation sites (tertiary alicyclic amines) is 1. The first-order valence-electron chi connectivity index (χ1n) is 6.04. The van der Waals surface area contributed by atoms with Gasteiger partial charge in [-0.3, -0.25) is 4.90 Å². The van der Waals surface area contributed by atoms with E-state index in [9.17, 15) is 4.39 Å². The Labute approximate surface area is 110 Å². The summed E-state index contributed by atoms with van der Waals surface area (Å²) < 4.78 is 14.7. The summed E-state index contributed by atoms with van der Waals surface area (Å²) in [6.45, 7) is 3.72. The van der Waals surface area contributed by atoms with Crippen LogP contribution in [0.4, 0.5) is 4.39 Å². The molecule has 1 aromatic carbocycles. The lowest BCUT2D eigenvalue weighted by Crippen LogP contribution is -2.37. The zero-order chi connectivity index (χ0) is 12.4. The van der Waals surface area contributed by atoms with E-state index in [0.29, 0.717) is 12.6 Å². The highest BCUT2D eigenvalue weighted by molar-refractivity contribution is 9.10. The Morgan fingerprint density at radius 1 is 1.59 bits per heavy atom. The van der Waals surface area contributed by atoms with E-state index in [1.807, 2.05) is 6.07 Å². The molecule has 0 saturated carbocycles. The fourth-order valence-corrected chi connectivity index (χ4v) is 3.01. The van der Waals surface area contributed by atoms with Crippen LogP contribution < -0.4 is 5.73 Å². The Balaban J connectivity index is 2.24. The summed E-state index contributed by atoms with van der Waals surface area (Å²) in [7, 11) is 0. The molecule has 94 valence electrons. The van der Waals surface area contributed by atoms with Crippen LogP contribution in [0.15, 0.2) is 22.7 Å². The van der Waals surface area contributed by atoms with Crippen molar-refractivity contribution in [1.82, 2.24) is 4.90 Å². The van der Waals surface area contributed by atoms with Crippen LogP contribution in [0.3, 0.4) is 0 Å². The molecule has 0 bridgehead atoms. The van der Waals surface area contributed by atoms with Crippen LogP contribution >= 0.6 is 15.9 Å². The Kier molecular flexibility index (Phi) is 4.17. The second-order valence-electron chi connectivity index (χ2n) is 4.61. The number of nitrogens with zero attached hydrogens (tertiary/aromatic N) is 1. The summed E-state index contributed by atoms with van der Waals surface area (Å²) in [5.74, 6) is -0.136. The predicted molar refractivity (Wildman–Crippen MR) is 71.3 cm³/mol. The van der Waals surface area contributed by atoms with Crippen molar-refractivity contribution >= 4 is 15.9 Å². The molecule has 0 aromatic heterocycles. The van der Waals surface area contributed by atoms with Gasteiger partial charge in [0.2, 0.25) is 0 Å². The molecular weight excluding hydrogens is 283 g/mol. The second kappa shape index (κ2) is 5.46. The number of benzene rings is 1. The number of hydrogen-bond donors (Lipinski definition) is 1. The zero-order valence-corrected chi connectivity index (χ0v) is 11.6. The van der Waals surface area contributed by atoms with Crippen molar-refractivity contribution in [2.75, 3.05) is 13.1 Å². The molecule has 0 amide bonds. The van der Waals surface area contributed by atoms with Gasteiger partial charge in [0.05, 0.1) is 0 Å². The van der Waals surface area contributed by atoms with E-state index in [0.717, 1.165) is 29.4 Å². The molecule has 2 atom stereocenters. The maximum Gasteiger partial charge on any atom is 0.128 e. The molecule has 1 saturated heterocycles. The molecule has 17 heavy (non-hydrogen) atoms. The molecule has 0 spiro atoms. The van der Waals surface area contributed by atoms with Crippen LogP contribution in [0.1, 0.15) is 31.4 Å². The van der Waals surface area contributed by atoms with E-state index < -0.39 is 0 Å². The molecule has 1 aliphatic heterocycles. The van der Waals surface area contributed by atoms with Crippen molar-refractivity contribution in [1.29, 1.82) is 0 Å². The fraction of sp³-hybridized carbons (Fsp3) is 0.538. The summed E-state index contributed by atoms with van der Waals surface area (Å²) in [5.41, 5.74) is 6.51. The van der Waals surface area contributed by atoms with Crippen LogP contribution in [0.2, 0.25) is 0 Å². The largest absolute Gasteiger partial charge is 0.329 e. The minimum absolute atomic E-state index is 0.0866. The number of nitrogens with two attached hydrogens (primary N) is 1. The molecule has 2 unspecified atom stereocenters. The van der Waals surface area contributed by atoms with Gasteiger partial charge in [-0.25, -0.2) is 4.39 Å². The van der Waals surface area contributed by atoms with Gasteiger partial charge in [-0.15, -0.1) is 0 Å². The van der Waals surface area contributed by atoms with E-state index in [1.54, 1.807) is 6.07 Å². The van der Waals surface area contributed by atoms with Gasteiger partial charge >= 0.3 is 0 Å². The molecule has 1 heterocycles. The molecular formula is C13H18BrFN2. The van der Waals surface area contributed by atoms with Gasteiger partial charge in [0.1, 0.15) is 5.82 Å². The summed E-state index contributed by atoms with van der Waals surface area (Å²) >= 11 is 3.40. The number of hydrogen-bond acceptors (Lipinski definition) is 2. The highest BCUT2D eigenvalue weighted by atomic mass is 79.9. The minimum atomic E-state index is -0.136. The van der Waals surface area contributed by atoms with Crippen LogP contribution in [-0.4, -0.2) is 24.0 Å². The SMILES string of the molecule is CC(c1cc(Br)ccc1F)N1CCCC1CN. The van der Waals surface area contributed by atoms with Crippen LogP contribution in [-0.2, 0) is 0 Å². The third kappa shape index (κ3) is 2.69. The normalized spacial score (nSPS) is 22.9. The first-order valence-corrected chi connectivity index (χ1v) is 6.83. The first kappa shape index (κ1) is 13.0. The third-order valence-electron chi connectivity index (χ3n) is 3.60. The lowest BCUT2D eigenvalue weighted by Gasteiger charge is -2.30. The smallest absolute Gasteiger partial charge is 0.128 e. The maximum absolute atomic E-state index is 13.8. The number of halogens is 2. The van der Waals surface area contributed by atoms with Crippen molar-refractivity contribution in [2.45, 2.75) is 31.8 Å². The lowest BCUT2D eigenvalue weighted by molar-refractivity contribution is 0.193. The van der Waals surface area contributed by atoms with E-state index in [2.05, 4.69) is 27.8 Å². The molecule has 2 rings (SSSR count). The molecule has 4 heteroatoms. The zero-order valence-electron chi connectivity index (χ0n) is 10.00. The molecule has 1 aliphatic rings. The highest BCUT2D eigenvalue weighted by Gasteiger charge is 2.29. The maximum atomic E-state index is 13.8. The van der Waals surface area contributed by atoms with E-state index in [4.69, 9.17) is 5.73 Å². The molecule has 0 aliphatic carbocycles. The van der Waals surface area contributed by atoms with Gasteiger partial charge in [0.15, 0.2) is 0 Å². The van der Waals surface area contributed by atoms with Crippen molar-refractivity contribution < 1.29 is 4.39 Å². The lowest BCUT2D eigenvalue weighted by atomic mass is 10.1. The van der Waals surface area contributed by atoms with Gasteiger partial charge < -0.3 is 5.73 Å². The van der Waals surface area contributed by atoms with Gasteiger partial charge in [-0.2, -0.15) is 0 Å². The average molecular weight is 301 g/mol. The van der Waals surface area contributed by atoms with Gasteiger partial charge in [0, 0.05) is 28.7 Å². The van der Waals surface area contributed by atoms with Gasteiger partial charge in [-0.1, -0.05) is 15.9 Å². The molecule has 0 radical (unpaired) electrons. The molecule has 1 aromatic rings.